The summed E-state index contributed by atoms with van der Waals surface area (Å²) in [5.41, 5.74) is 1.12. The van der Waals surface area contributed by atoms with Gasteiger partial charge in [-0.1, -0.05) is 53.0 Å². The number of fused-ring (bicyclic) bond motifs is 4. The van der Waals surface area contributed by atoms with E-state index in [9.17, 15) is 20.1 Å². The topological polar surface area (TPSA) is 99.9 Å². The van der Waals surface area contributed by atoms with Crippen molar-refractivity contribution in [1.29, 1.82) is 0 Å². The molecular weight excluding hydrogens is 526 g/mol. The number of aromatic nitrogens is 1. The number of aromatic carboxylic acids is 1. The van der Waals surface area contributed by atoms with E-state index in [1.54, 1.807) is 18.2 Å². The third kappa shape index (κ3) is 6.22. The monoisotopic (exact) mass is 579 g/mol. The molecule has 1 heterocycles. The van der Waals surface area contributed by atoms with Crippen molar-refractivity contribution in [2.45, 2.75) is 111 Å². The molecule has 3 saturated carbocycles. The third-order valence-corrected chi connectivity index (χ3v) is 12.0. The summed E-state index contributed by atoms with van der Waals surface area (Å²) >= 11 is 0. The highest BCUT2D eigenvalue weighted by Crippen LogP contribution is 2.64. The second-order valence-corrected chi connectivity index (χ2v) is 14.2. The largest absolute Gasteiger partial charge is 0.478 e. The smallest absolute Gasteiger partial charge is 0.335 e. The number of carbonyl (C=O) groups is 1. The first-order valence-corrected chi connectivity index (χ1v) is 16.8. The molecule has 0 spiro atoms. The van der Waals surface area contributed by atoms with Gasteiger partial charge in [-0.2, -0.15) is 0 Å². The predicted octanol–water partition coefficient (Wildman–Crippen LogP) is 7.74. The number of ether oxygens (including phenoxy) is 1. The molecule has 6 nitrogen and oxygen atoms in total. The Balaban J connectivity index is 1.20. The van der Waals surface area contributed by atoms with Gasteiger partial charge in [0.1, 0.15) is 0 Å². The zero-order chi connectivity index (χ0) is 30.0. The van der Waals surface area contributed by atoms with E-state index in [2.05, 4.69) is 32.7 Å². The predicted molar refractivity (Wildman–Crippen MR) is 167 cm³/mol. The van der Waals surface area contributed by atoms with Crippen molar-refractivity contribution < 1.29 is 24.9 Å². The fraction of sp³-hybridized carbons (Fsp3) is 0.722. The van der Waals surface area contributed by atoms with Crippen LogP contribution in [0.25, 0.3) is 10.9 Å². The van der Waals surface area contributed by atoms with Crippen LogP contribution in [0, 0.1) is 46.8 Å². The minimum absolute atomic E-state index is 0.229. The van der Waals surface area contributed by atoms with Gasteiger partial charge in [0.05, 0.1) is 29.9 Å². The molecule has 0 bridgehead atoms. The van der Waals surface area contributed by atoms with Crippen molar-refractivity contribution in [3.8, 4) is 5.88 Å². The van der Waals surface area contributed by atoms with Crippen LogP contribution >= 0.6 is 0 Å². The van der Waals surface area contributed by atoms with Crippen molar-refractivity contribution in [1.82, 2.24) is 4.98 Å². The highest BCUT2D eigenvalue weighted by atomic mass is 16.5. The summed E-state index contributed by atoms with van der Waals surface area (Å²) in [7, 11) is 0. The molecule has 0 aliphatic heterocycles. The molecule has 0 unspecified atom stereocenters. The van der Waals surface area contributed by atoms with E-state index in [1.165, 1.54) is 32.1 Å². The summed E-state index contributed by atoms with van der Waals surface area (Å²) < 4.78 is 6.09. The van der Waals surface area contributed by atoms with Crippen LogP contribution in [-0.4, -0.2) is 45.1 Å². The number of benzene rings is 1. The van der Waals surface area contributed by atoms with Crippen LogP contribution in [0.1, 0.15) is 109 Å². The van der Waals surface area contributed by atoms with Gasteiger partial charge in [0.25, 0.3) is 0 Å². The number of aliphatic hydroxyl groups excluding tert-OH is 2. The number of carboxylic acids is 1. The normalized spacial score (nSPS) is 34.0. The fourth-order valence-corrected chi connectivity index (χ4v) is 9.78. The van der Waals surface area contributed by atoms with Gasteiger partial charge in [-0.05, 0) is 116 Å². The minimum Gasteiger partial charge on any atom is -0.478 e. The molecule has 1 aromatic heterocycles. The first-order valence-electron chi connectivity index (χ1n) is 16.8. The Kier molecular flexibility index (Phi) is 9.83. The van der Waals surface area contributed by atoms with Crippen molar-refractivity contribution in [2.75, 3.05) is 6.61 Å². The SMILES string of the molecule is CCCC[C@@H](O)C[C@@H]1C[C@H]2CC[C@]3(C)[C@@H]([C@H](C)CCOc4ccc5ccc(C(=O)O)cc5n4)CC[C@H]3[C@@H]2[C@H](O)[C@@H]1CC. The number of hydrogen-bond donors (Lipinski definition) is 3. The Morgan fingerprint density at radius 1 is 1.14 bits per heavy atom. The van der Waals surface area contributed by atoms with Gasteiger partial charge in [0.15, 0.2) is 0 Å². The maximum absolute atomic E-state index is 11.9. The maximum atomic E-state index is 11.9. The number of carboxylic acid groups (broad SMARTS) is 1. The van der Waals surface area contributed by atoms with Crippen LogP contribution in [0.15, 0.2) is 30.3 Å². The third-order valence-electron chi connectivity index (χ3n) is 12.0. The molecule has 5 rings (SSSR count). The van der Waals surface area contributed by atoms with Gasteiger partial charge >= 0.3 is 5.97 Å². The van der Waals surface area contributed by atoms with Crippen LogP contribution in [0.3, 0.4) is 0 Å². The molecule has 3 aliphatic rings. The Labute approximate surface area is 252 Å². The summed E-state index contributed by atoms with van der Waals surface area (Å²) in [4.78, 5) is 15.9. The summed E-state index contributed by atoms with van der Waals surface area (Å²) in [6, 6.07) is 8.79. The minimum atomic E-state index is -0.955. The zero-order valence-electron chi connectivity index (χ0n) is 26.2. The van der Waals surface area contributed by atoms with Gasteiger partial charge in [-0.3, -0.25) is 0 Å². The van der Waals surface area contributed by atoms with E-state index in [1.807, 2.05) is 12.1 Å². The number of rotatable bonds is 12. The average molecular weight is 580 g/mol. The lowest BCUT2D eigenvalue weighted by Gasteiger charge is -2.56. The summed E-state index contributed by atoms with van der Waals surface area (Å²) in [6.07, 6.45) is 11.5. The van der Waals surface area contributed by atoms with Crippen LogP contribution in [0.4, 0.5) is 0 Å². The van der Waals surface area contributed by atoms with Crippen LogP contribution < -0.4 is 4.74 Å². The average Bonchev–Trinajstić information content (AvgIpc) is 3.32. The van der Waals surface area contributed by atoms with Gasteiger partial charge in [-0.25, -0.2) is 9.78 Å². The maximum Gasteiger partial charge on any atom is 0.335 e. The summed E-state index contributed by atoms with van der Waals surface area (Å²) in [5, 5.41) is 32.8. The molecule has 1 aromatic carbocycles. The van der Waals surface area contributed by atoms with E-state index < -0.39 is 5.97 Å². The molecule has 3 N–H and O–H groups in total. The molecule has 232 valence electrons. The molecule has 3 fully saturated rings. The van der Waals surface area contributed by atoms with E-state index in [0.29, 0.717) is 59.4 Å². The first-order chi connectivity index (χ1) is 20.2. The zero-order valence-corrected chi connectivity index (χ0v) is 26.2. The quantitative estimate of drug-likeness (QED) is 0.238. The molecule has 42 heavy (non-hydrogen) atoms. The van der Waals surface area contributed by atoms with Crippen molar-refractivity contribution >= 4 is 16.9 Å². The van der Waals surface area contributed by atoms with Crippen molar-refractivity contribution in [3.63, 3.8) is 0 Å². The Hall–Kier alpha value is -2.18. The number of hydrogen-bond acceptors (Lipinski definition) is 5. The summed E-state index contributed by atoms with van der Waals surface area (Å²) in [6.45, 7) is 9.89. The highest BCUT2D eigenvalue weighted by molar-refractivity contribution is 5.93. The lowest BCUT2D eigenvalue weighted by Crippen LogP contribution is -2.53. The molecule has 0 radical (unpaired) electrons. The number of unbranched alkanes of at least 4 members (excludes halogenated alkanes) is 1. The number of pyridine rings is 1. The first kappa shape index (κ1) is 31.3. The molecule has 0 amide bonds. The van der Waals surface area contributed by atoms with E-state index >= 15 is 0 Å². The Morgan fingerprint density at radius 2 is 1.93 bits per heavy atom. The van der Waals surface area contributed by atoms with E-state index in [-0.39, 0.29) is 23.2 Å². The standard InChI is InChI=1S/C36H53NO5/c1-5-7-8-27(38)20-26-19-24-15-17-36(4)29(12-13-30(36)33(24)34(39)28(26)6-2)22(3)16-18-42-32-14-11-23-9-10-25(35(40)41)21-31(23)37-32/h9-11,14,21-22,24,26-30,33-34,38-39H,5-8,12-13,15-20H2,1-4H3,(H,40,41)/t22-,24-,26+,27-,28-,29-,30+,33-,34-,36-/m1/s1. The van der Waals surface area contributed by atoms with Crippen molar-refractivity contribution in [2.24, 2.45) is 46.8 Å². The molecular formula is C36H53NO5. The summed E-state index contributed by atoms with van der Waals surface area (Å²) in [5.74, 6) is 3.01. The second kappa shape index (κ2) is 13.2. The Morgan fingerprint density at radius 3 is 2.67 bits per heavy atom. The Bertz CT molecular complexity index is 1220. The lowest BCUT2D eigenvalue weighted by atomic mass is 9.50. The van der Waals surface area contributed by atoms with Gasteiger partial charge in [0.2, 0.25) is 5.88 Å². The van der Waals surface area contributed by atoms with Gasteiger partial charge in [0, 0.05) is 11.5 Å². The van der Waals surface area contributed by atoms with Crippen LogP contribution in [-0.2, 0) is 0 Å². The molecule has 3 aliphatic carbocycles. The fourth-order valence-electron chi connectivity index (χ4n) is 9.78. The van der Waals surface area contributed by atoms with Crippen LogP contribution in [0.2, 0.25) is 0 Å². The van der Waals surface area contributed by atoms with Gasteiger partial charge < -0.3 is 20.1 Å². The van der Waals surface area contributed by atoms with Crippen molar-refractivity contribution in [3.05, 3.63) is 35.9 Å². The van der Waals surface area contributed by atoms with E-state index in [4.69, 9.17) is 4.74 Å². The number of aliphatic hydroxyl groups is 2. The second-order valence-electron chi connectivity index (χ2n) is 14.2. The van der Waals surface area contributed by atoms with E-state index in [0.717, 1.165) is 43.9 Å². The van der Waals surface area contributed by atoms with Crippen LogP contribution in [0.5, 0.6) is 5.88 Å². The number of nitrogens with zero attached hydrogens (tertiary/aromatic N) is 1. The molecule has 0 saturated heterocycles. The van der Waals surface area contributed by atoms with Gasteiger partial charge in [-0.15, -0.1) is 0 Å². The highest BCUT2D eigenvalue weighted by Gasteiger charge is 2.59. The molecule has 6 heteroatoms. The molecule has 10 atom stereocenters. The lowest BCUT2D eigenvalue weighted by molar-refractivity contribution is -0.130. The molecule has 2 aromatic rings.